The van der Waals surface area contributed by atoms with Gasteiger partial charge in [0.05, 0.1) is 35.2 Å². The van der Waals surface area contributed by atoms with Crippen LogP contribution >= 0.6 is 0 Å². The fraction of sp³-hybridized carbons (Fsp3) is 0.0741. The van der Waals surface area contributed by atoms with Crippen molar-refractivity contribution in [3.05, 3.63) is 116 Å². The van der Waals surface area contributed by atoms with Crippen LogP contribution in [0.25, 0.3) is 22.3 Å². The van der Waals surface area contributed by atoms with E-state index in [2.05, 4.69) is 0 Å². The molecular weight excluding hydrogens is 464 g/mol. The topological polar surface area (TPSA) is 122 Å². The van der Waals surface area contributed by atoms with Crippen molar-refractivity contribution in [3.63, 3.8) is 0 Å². The summed E-state index contributed by atoms with van der Waals surface area (Å²) in [7, 11) is 3.00. The molecule has 9 heteroatoms. The monoisotopic (exact) mass is 484 g/mol. The zero-order chi connectivity index (χ0) is 25.8. The molecule has 0 amide bonds. The fourth-order valence-corrected chi connectivity index (χ4v) is 4.03. The van der Waals surface area contributed by atoms with E-state index in [9.17, 15) is 25.0 Å². The molecule has 180 valence electrons. The zero-order valence-electron chi connectivity index (χ0n) is 19.3. The van der Waals surface area contributed by atoms with E-state index >= 15 is 0 Å². The number of ketones is 1. The van der Waals surface area contributed by atoms with Gasteiger partial charge in [-0.25, -0.2) is 0 Å². The summed E-state index contributed by atoms with van der Waals surface area (Å²) in [6.07, 6.45) is 0. The molecule has 4 aromatic carbocycles. The Balaban J connectivity index is 1.96. The van der Waals surface area contributed by atoms with Crippen LogP contribution < -0.4 is 9.47 Å². The summed E-state index contributed by atoms with van der Waals surface area (Å²) in [6, 6.07) is 21.4. The van der Waals surface area contributed by atoms with Crippen LogP contribution in [0.4, 0.5) is 11.4 Å². The quantitative estimate of drug-likeness (QED) is 0.169. The van der Waals surface area contributed by atoms with Crippen molar-refractivity contribution >= 4 is 17.2 Å². The van der Waals surface area contributed by atoms with Crippen molar-refractivity contribution in [1.29, 1.82) is 0 Å². The van der Waals surface area contributed by atoms with Gasteiger partial charge in [-0.2, -0.15) is 0 Å². The van der Waals surface area contributed by atoms with E-state index in [1.165, 1.54) is 50.6 Å². The van der Waals surface area contributed by atoms with Gasteiger partial charge in [0.15, 0.2) is 5.78 Å². The van der Waals surface area contributed by atoms with Crippen molar-refractivity contribution in [2.75, 3.05) is 14.2 Å². The van der Waals surface area contributed by atoms with Crippen LogP contribution in [-0.2, 0) is 0 Å². The Morgan fingerprint density at radius 2 is 0.972 bits per heavy atom. The van der Waals surface area contributed by atoms with Gasteiger partial charge in [0, 0.05) is 23.3 Å². The van der Waals surface area contributed by atoms with Gasteiger partial charge in [-0.15, -0.1) is 0 Å². The number of carbonyl (C=O) groups excluding carboxylic acids is 1. The number of hydrogen-bond donors (Lipinski definition) is 0. The molecule has 4 rings (SSSR count). The zero-order valence-corrected chi connectivity index (χ0v) is 19.3. The number of ether oxygens (including phenoxy) is 2. The molecule has 0 atom stereocenters. The third-order valence-electron chi connectivity index (χ3n) is 5.72. The average molecular weight is 484 g/mol. The van der Waals surface area contributed by atoms with E-state index in [1.807, 2.05) is 0 Å². The molecule has 0 bridgehead atoms. The molecule has 0 aromatic heterocycles. The number of methoxy groups -OCH3 is 2. The van der Waals surface area contributed by atoms with Crippen LogP contribution in [0.5, 0.6) is 11.5 Å². The highest BCUT2D eigenvalue weighted by molar-refractivity contribution is 6.17. The summed E-state index contributed by atoms with van der Waals surface area (Å²) in [6.45, 7) is 0. The minimum atomic E-state index is -0.584. The third kappa shape index (κ3) is 4.49. The maximum atomic E-state index is 13.9. The van der Waals surface area contributed by atoms with Gasteiger partial charge in [-0.1, -0.05) is 36.4 Å². The number of hydrogen-bond acceptors (Lipinski definition) is 7. The SMILES string of the molecule is COc1ccc(-c2c(C(=O)c3cccc([N+](=O)[O-])c3-c3ccc(OC)cc3)cccc2[N+](=O)[O-])cc1. The Labute approximate surface area is 205 Å². The summed E-state index contributed by atoms with van der Waals surface area (Å²) in [5.74, 6) is 0.510. The average Bonchev–Trinajstić information content (AvgIpc) is 2.91. The molecule has 4 aromatic rings. The van der Waals surface area contributed by atoms with E-state index in [1.54, 1.807) is 48.5 Å². The summed E-state index contributed by atoms with van der Waals surface area (Å²) < 4.78 is 10.3. The maximum absolute atomic E-state index is 13.9. The normalized spacial score (nSPS) is 10.5. The Morgan fingerprint density at radius 1 is 0.611 bits per heavy atom. The van der Waals surface area contributed by atoms with E-state index in [0.29, 0.717) is 22.6 Å². The minimum Gasteiger partial charge on any atom is -0.497 e. The molecule has 0 spiro atoms. The minimum absolute atomic E-state index is 0.0460. The largest absolute Gasteiger partial charge is 0.497 e. The molecule has 0 fully saturated rings. The van der Waals surface area contributed by atoms with Crippen molar-refractivity contribution in [2.45, 2.75) is 0 Å². The second-order valence-electron chi connectivity index (χ2n) is 7.70. The molecule has 0 radical (unpaired) electrons. The first-order valence-electron chi connectivity index (χ1n) is 10.7. The van der Waals surface area contributed by atoms with E-state index in [4.69, 9.17) is 9.47 Å². The molecule has 0 N–H and O–H groups in total. The molecule has 0 saturated carbocycles. The number of carbonyl (C=O) groups is 1. The number of nitro groups is 2. The van der Waals surface area contributed by atoms with Crippen LogP contribution in [0.15, 0.2) is 84.9 Å². The van der Waals surface area contributed by atoms with Crippen molar-refractivity contribution in [2.24, 2.45) is 0 Å². The lowest BCUT2D eigenvalue weighted by molar-refractivity contribution is -0.384. The Morgan fingerprint density at radius 3 is 1.28 bits per heavy atom. The summed E-state index contributed by atoms with van der Waals surface area (Å²) in [5.41, 5.74) is 0.662. The van der Waals surface area contributed by atoms with Gasteiger partial charge in [-0.05, 0) is 47.5 Å². The molecule has 0 unspecified atom stereocenters. The van der Waals surface area contributed by atoms with Crippen LogP contribution in [-0.4, -0.2) is 29.8 Å². The van der Waals surface area contributed by atoms with Crippen LogP contribution in [0.1, 0.15) is 15.9 Å². The molecule has 9 nitrogen and oxygen atoms in total. The lowest BCUT2D eigenvalue weighted by Crippen LogP contribution is -2.09. The molecule has 0 aliphatic carbocycles. The number of nitrogens with zero attached hydrogens (tertiary/aromatic N) is 2. The highest BCUT2D eigenvalue weighted by Crippen LogP contribution is 2.39. The van der Waals surface area contributed by atoms with Gasteiger partial charge >= 0.3 is 0 Å². The lowest BCUT2D eigenvalue weighted by Gasteiger charge is -2.14. The van der Waals surface area contributed by atoms with Gasteiger partial charge in [-0.3, -0.25) is 25.0 Å². The maximum Gasteiger partial charge on any atom is 0.277 e. The van der Waals surface area contributed by atoms with Crippen LogP contribution in [0, 0.1) is 20.2 Å². The Hall–Kier alpha value is -5.05. The van der Waals surface area contributed by atoms with Crippen molar-refractivity contribution in [3.8, 4) is 33.8 Å². The number of nitro benzene ring substituents is 2. The second-order valence-corrected chi connectivity index (χ2v) is 7.70. The Bertz CT molecular complexity index is 1350. The first-order chi connectivity index (χ1) is 17.3. The Kier molecular flexibility index (Phi) is 6.73. The molecular formula is C27H20N2O7. The molecule has 0 aliphatic heterocycles. The van der Waals surface area contributed by atoms with E-state index in [-0.39, 0.29) is 33.6 Å². The summed E-state index contributed by atoms with van der Waals surface area (Å²) in [5, 5.41) is 23.8. The van der Waals surface area contributed by atoms with Crippen molar-refractivity contribution in [1.82, 2.24) is 0 Å². The summed E-state index contributed by atoms with van der Waals surface area (Å²) in [4.78, 5) is 36.6. The van der Waals surface area contributed by atoms with Crippen LogP contribution in [0.2, 0.25) is 0 Å². The van der Waals surface area contributed by atoms with E-state index < -0.39 is 15.6 Å². The van der Waals surface area contributed by atoms with Gasteiger partial charge in [0.1, 0.15) is 11.5 Å². The predicted octanol–water partition coefficient (Wildman–Crippen LogP) is 6.09. The fourth-order valence-electron chi connectivity index (χ4n) is 4.03. The highest BCUT2D eigenvalue weighted by atomic mass is 16.6. The molecule has 0 heterocycles. The number of rotatable bonds is 8. The lowest BCUT2D eigenvalue weighted by atomic mass is 9.88. The standard InChI is InChI=1S/C27H20N2O7/c1-35-19-13-9-17(10-14-19)25-21(5-3-7-23(25)28(31)32)27(30)22-6-4-8-24(29(33)34)26(22)18-11-15-20(36-2)16-12-18/h3-16H,1-2H3. The first kappa shape index (κ1) is 24.1. The van der Waals surface area contributed by atoms with E-state index in [0.717, 1.165) is 0 Å². The van der Waals surface area contributed by atoms with Crippen LogP contribution in [0.3, 0.4) is 0 Å². The second kappa shape index (κ2) is 10.1. The third-order valence-corrected chi connectivity index (χ3v) is 5.72. The van der Waals surface area contributed by atoms with Gasteiger partial charge in [0.25, 0.3) is 11.4 Å². The van der Waals surface area contributed by atoms with Crippen molar-refractivity contribution < 1.29 is 24.1 Å². The smallest absolute Gasteiger partial charge is 0.277 e. The summed E-state index contributed by atoms with van der Waals surface area (Å²) >= 11 is 0. The highest BCUT2D eigenvalue weighted by Gasteiger charge is 2.28. The first-order valence-corrected chi connectivity index (χ1v) is 10.7. The predicted molar refractivity (Wildman–Crippen MR) is 134 cm³/mol. The molecule has 0 aliphatic rings. The molecule has 0 saturated heterocycles. The van der Waals surface area contributed by atoms with Gasteiger partial charge in [0.2, 0.25) is 0 Å². The number of benzene rings is 4. The van der Waals surface area contributed by atoms with Gasteiger partial charge < -0.3 is 9.47 Å². The molecule has 36 heavy (non-hydrogen) atoms.